The number of aromatic nitrogens is 1. The summed E-state index contributed by atoms with van der Waals surface area (Å²) in [6.45, 7) is 3.20. The van der Waals surface area contributed by atoms with Crippen LogP contribution >= 0.6 is 37.9 Å². The molecule has 1 aromatic heterocycles. The molecule has 0 aliphatic heterocycles. The summed E-state index contributed by atoms with van der Waals surface area (Å²) in [5.41, 5.74) is 20.0. The summed E-state index contributed by atoms with van der Waals surface area (Å²) in [5, 5.41) is 71.4. The average Bonchev–Trinajstić information content (AvgIpc) is 1.80. The van der Waals surface area contributed by atoms with Crippen molar-refractivity contribution in [2.75, 3.05) is 50.0 Å². The SMILES string of the molecule is C.C[C@H](NC(=O)CCCCCCCCCCCCN[C@H](C=O)CS)C(=O)NCC(=O)N[C@@H](CS)C(=O)NC(CCCCN)C(=O)N[C@@H](CC(N)=O)C(=O)NC(Cc1ccccc1)C(=O)N[C@@H](Cc1ccccc1)C(=O)NC(Cc1c[nH]c2ccccc12)C(=O)N[C@@H](CCCCN)C(=O)N[C@H](C(=O)N[C@@H](Cc1ccccc1)C(=O)N[C@H](C(=O)N[C@@H](CO)C(=O)NC(C=O)CS)[C@@H](C)O)[C@@H](C)O. The van der Waals surface area contributed by atoms with Crippen molar-refractivity contribution in [2.45, 2.75) is 266 Å². The molecule has 0 fully saturated rings. The lowest BCUT2D eigenvalue weighted by atomic mass is 10.00. The predicted octanol–water partition coefficient (Wildman–Crippen LogP) is -1.16. The van der Waals surface area contributed by atoms with Gasteiger partial charge in [-0.2, -0.15) is 37.9 Å². The minimum absolute atomic E-state index is 0. The third kappa shape index (κ3) is 43.0. The Morgan fingerprint density at radius 1 is 0.385 bits per heavy atom. The van der Waals surface area contributed by atoms with E-state index in [4.69, 9.17) is 17.2 Å². The third-order valence-corrected chi connectivity index (χ3v) is 23.1. The Kier molecular flexibility index (Phi) is 55.4. The number of hydrogen-bond acceptors (Lipinski definition) is 26. The molecule has 0 aliphatic rings. The van der Waals surface area contributed by atoms with Gasteiger partial charge < -0.3 is 127 Å². The Bertz CT molecular complexity index is 4570. The minimum atomic E-state index is -1.90. The van der Waals surface area contributed by atoms with Crippen LogP contribution in [0.15, 0.2) is 121 Å². The Morgan fingerprint density at radius 3 is 1.20 bits per heavy atom. The second-order valence-corrected chi connectivity index (χ2v) is 34.0. The molecule has 15 amide bonds. The maximum Gasteiger partial charge on any atom is 0.245 e. The van der Waals surface area contributed by atoms with Crippen LogP contribution in [0.5, 0.6) is 0 Å². The number of carbonyl (C=O) groups excluding carboxylic acids is 17. The number of thiol groups is 3. The number of rotatable bonds is 67. The topological polar surface area (TPSA) is 625 Å². The number of aliphatic hydroxyl groups is 3. The van der Waals surface area contributed by atoms with Crippen molar-refractivity contribution in [3.63, 3.8) is 0 Å². The molecule has 0 aliphatic carbocycles. The summed E-state index contributed by atoms with van der Waals surface area (Å²) in [5.74, 6) is -14.4. The number of aromatic amines is 1. The summed E-state index contributed by atoms with van der Waals surface area (Å²) in [6, 6.07) is 11.2. The van der Waals surface area contributed by atoms with Crippen LogP contribution in [0.3, 0.4) is 0 Å². The molecular weight excluding hydrogens is 1800 g/mol. The predicted molar refractivity (Wildman–Crippen MR) is 519 cm³/mol. The lowest BCUT2D eigenvalue weighted by Gasteiger charge is -2.29. The number of para-hydroxylation sites is 1. The number of carbonyl (C=O) groups is 17. The van der Waals surface area contributed by atoms with E-state index in [1.165, 1.54) is 6.92 Å². The molecule has 0 radical (unpaired) electrons. The average molecular weight is 1940 g/mol. The highest BCUT2D eigenvalue weighted by molar-refractivity contribution is 7.80. The number of aliphatic hydroxyl groups excluding tert-OH is 3. The molecule has 0 saturated heterocycles. The van der Waals surface area contributed by atoms with Crippen LogP contribution in [0.4, 0.5) is 0 Å². The lowest BCUT2D eigenvalue weighted by Crippen LogP contribution is -2.63. The fourth-order valence-electron chi connectivity index (χ4n) is 14.3. The second-order valence-electron chi connectivity index (χ2n) is 32.9. The first-order valence-corrected chi connectivity index (χ1v) is 47.2. The second kappa shape index (κ2) is 64.6. The van der Waals surface area contributed by atoms with Gasteiger partial charge in [-0.25, -0.2) is 0 Å². The molecule has 744 valence electrons. The van der Waals surface area contributed by atoms with Crippen LogP contribution in [0.25, 0.3) is 10.9 Å². The van der Waals surface area contributed by atoms with E-state index in [-0.39, 0.29) is 102 Å². The van der Waals surface area contributed by atoms with Gasteiger partial charge in [-0.15, -0.1) is 0 Å². The fraction of sp³-hybridized carbons (Fsp3) is 0.538. The van der Waals surface area contributed by atoms with Crippen molar-refractivity contribution in [1.29, 1.82) is 0 Å². The van der Waals surface area contributed by atoms with Crippen LogP contribution in [0.1, 0.15) is 166 Å². The summed E-state index contributed by atoms with van der Waals surface area (Å²) >= 11 is 12.4. The maximum atomic E-state index is 15.5. The number of primary amides is 1. The number of nitrogens with one attached hydrogen (secondary N) is 16. The molecule has 4 unspecified atom stereocenters. The number of hydrogen-bond donors (Lipinski definition) is 25. The third-order valence-electron chi connectivity index (χ3n) is 21.9. The Hall–Kier alpha value is -11.4. The zero-order valence-corrected chi connectivity index (χ0v) is 78.7. The maximum absolute atomic E-state index is 15.5. The number of aldehydes is 2. The number of amides is 15. The fourth-order valence-corrected chi connectivity index (χ4v) is 15.0. The molecule has 135 heavy (non-hydrogen) atoms. The van der Waals surface area contributed by atoms with Crippen LogP contribution in [-0.4, -0.2) is 268 Å². The van der Waals surface area contributed by atoms with Crippen molar-refractivity contribution >= 4 is 150 Å². The molecule has 0 saturated carbocycles. The highest BCUT2D eigenvalue weighted by Gasteiger charge is 2.40. The number of H-pyrrole nitrogens is 1. The summed E-state index contributed by atoms with van der Waals surface area (Å²) in [4.78, 5) is 238. The lowest BCUT2D eigenvalue weighted by molar-refractivity contribution is -0.138. The molecule has 0 spiro atoms. The highest BCUT2D eigenvalue weighted by atomic mass is 32.1. The van der Waals surface area contributed by atoms with E-state index in [2.05, 4.69) is 123 Å². The van der Waals surface area contributed by atoms with Crippen molar-refractivity contribution in [1.82, 2.24) is 84.7 Å². The molecular formula is C93H139N19O20S3. The van der Waals surface area contributed by atoms with E-state index in [1.807, 2.05) is 0 Å². The number of fused-ring (bicyclic) bond motifs is 1. The Labute approximate surface area is 804 Å². The zero-order valence-electron chi connectivity index (χ0n) is 76.0. The van der Waals surface area contributed by atoms with Crippen molar-refractivity contribution in [2.24, 2.45) is 17.2 Å². The molecule has 1 heterocycles. The van der Waals surface area contributed by atoms with E-state index < -0.39 is 193 Å². The quantitative estimate of drug-likeness (QED) is 0.0124. The van der Waals surface area contributed by atoms with Crippen molar-refractivity contribution < 1.29 is 96.8 Å². The van der Waals surface area contributed by atoms with Crippen LogP contribution in [-0.2, 0) is 107 Å². The van der Waals surface area contributed by atoms with E-state index >= 15 is 14.4 Å². The summed E-state index contributed by atoms with van der Waals surface area (Å²) in [7, 11) is 0. The summed E-state index contributed by atoms with van der Waals surface area (Å²) in [6.07, 6.45) is 8.34. The first-order chi connectivity index (χ1) is 64.3. The Morgan fingerprint density at radius 2 is 0.763 bits per heavy atom. The van der Waals surface area contributed by atoms with Crippen LogP contribution in [0.2, 0.25) is 0 Å². The number of benzene rings is 4. The minimum Gasteiger partial charge on any atom is -0.394 e. The van der Waals surface area contributed by atoms with Gasteiger partial charge in [0.1, 0.15) is 85.1 Å². The molecule has 42 heteroatoms. The van der Waals surface area contributed by atoms with E-state index in [0.717, 1.165) is 84.5 Å². The Balaban J connectivity index is 0.0000381. The van der Waals surface area contributed by atoms with Gasteiger partial charge in [-0.05, 0) is 120 Å². The molecule has 25 N–H and O–H groups in total. The monoisotopic (exact) mass is 1940 g/mol. The molecule has 16 atom stereocenters. The van der Waals surface area contributed by atoms with Gasteiger partial charge in [-0.3, -0.25) is 71.9 Å². The standard InChI is InChI=1S/C92H135N19O20S3.CH4/c1-56(99-77(118)39-21-10-8-6-4-5-7-9-11-28-42-96-63(50-112)53-132)81(120)98-49-78(119)101-75(55-134)90(129)103-67(37-24-26-40-93)82(121)107-73(47-76(95)117)87(126)105-69(43-59-29-15-12-16-30-59)84(123)104-70(44-60-31-17-13-18-32-60)85(124)106-72(46-62-48-97-66-36-23-22-35-65(62)66)86(125)102-68(38-25-27-41-94)83(122)110-79(57(2)115)91(130)108-71(45-61-33-19-14-20-34-61)88(127)111-80(58(3)116)92(131)109-74(52-114)89(128)100-64(51-113)54-133;/h12-20,22-23,29-36,48,50-51,56-58,63-64,67-75,79-80,96-97,114-116,132-134H,4-11,21,24-28,37-47,49,52-55,93-94H2,1-3H3,(H2,95,117)(H,98,120)(H,99,118)(H,100,128)(H,101,119)(H,102,125)(H,103,129)(H,104,123)(H,105,126)(H,106,124)(H,107,121)(H,108,130)(H,109,131)(H,110,122)(H,111,127);1H4/t56-,57+,58+,63+,64?,67?,68-,69?,70-,71-,72?,73-,74-,75-,79-,80-;/m0./s1. The van der Waals surface area contributed by atoms with E-state index in [9.17, 15) is 82.4 Å². The number of nitrogens with two attached hydrogens (primary N) is 3. The molecule has 5 rings (SSSR count). The van der Waals surface area contributed by atoms with Gasteiger partial charge in [0.25, 0.3) is 0 Å². The highest BCUT2D eigenvalue weighted by Crippen LogP contribution is 2.22. The molecule has 4 aromatic carbocycles. The van der Waals surface area contributed by atoms with Crippen molar-refractivity contribution in [3.05, 3.63) is 144 Å². The van der Waals surface area contributed by atoms with Crippen LogP contribution in [0, 0.1) is 0 Å². The molecule has 39 nitrogen and oxygen atoms in total. The summed E-state index contributed by atoms with van der Waals surface area (Å²) < 4.78 is 0. The normalized spacial score (nSPS) is 14.7. The first-order valence-electron chi connectivity index (χ1n) is 45.3. The molecule has 5 aromatic rings. The molecule has 0 bridgehead atoms. The van der Waals surface area contributed by atoms with Gasteiger partial charge in [-0.1, -0.05) is 168 Å². The zero-order chi connectivity index (χ0) is 98.4. The van der Waals surface area contributed by atoms with Gasteiger partial charge in [0.2, 0.25) is 88.6 Å². The van der Waals surface area contributed by atoms with Gasteiger partial charge in [0, 0.05) is 66.5 Å². The van der Waals surface area contributed by atoms with Gasteiger partial charge >= 0.3 is 0 Å². The number of unbranched alkanes of at least 4 members (excludes halogenated alkanes) is 11. The van der Waals surface area contributed by atoms with E-state index in [1.54, 1.807) is 121 Å². The largest absolute Gasteiger partial charge is 0.394 e. The smallest absolute Gasteiger partial charge is 0.245 e. The van der Waals surface area contributed by atoms with Gasteiger partial charge in [0.15, 0.2) is 0 Å². The first kappa shape index (κ1) is 116. The van der Waals surface area contributed by atoms with Gasteiger partial charge in [0.05, 0.1) is 43.9 Å². The van der Waals surface area contributed by atoms with Crippen LogP contribution < -0.4 is 97.0 Å². The van der Waals surface area contributed by atoms with Crippen molar-refractivity contribution in [3.8, 4) is 0 Å². The van der Waals surface area contributed by atoms with E-state index in [0.29, 0.717) is 64.5 Å².